The molecule has 1 amide bonds. The first-order valence-corrected chi connectivity index (χ1v) is 6.14. The monoisotopic (exact) mass is 246 g/mol. The average molecular weight is 246 g/mol. The highest BCUT2D eigenvalue weighted by atomic mass is 32.1. The van der Waals surface area contributed by atoms with Gasteiger partial charge in [-0.05, 0) is 25.0 Å². The lowest BCUT2D eigenvalue weighted by Crippen LogP contribution is -2.34. The van der Waals surface area contributed by atoms with Crippen LogP contribution in [-0.4, -0.2) is 23.4 Å². The third-order valence-electron chi connectivity index (χ3n) is 2.85. The maximum Gasteiger partial charge on any atom is 0.255 e. The molecule has 0 bridgehead atoms. The second-order valence-electron chi connectivity index (χ2n) is 4.15. The molecule has 0 atom stereocenters. The molecule has 3 nitrogen and oxygen atoms in total. The van der Waals surface area contributed by atoms with Crippen LogP contribution in [0.1, 0.15) is 29.6 Å². The van der Waals surface area contributed by atoms with Crippen molar-refractivity contribution in [1.82, 2.24) is 4.90 Å². The van der Waals surface area contributed by atoms with E-state index in [0.717, 1.165) is 12.8 Å². The van der Waals surface area contributed by atoms with E-state index >= 15 is 0 Å². The summed E-state index contributed by atoms with van der Waals surface area (Å²) in [5, 5.41) is 8.62. The van der Waals surface area contributed by atoms with Crippen molar-refractivity contribution >= 4 is 18.5 Å². The Kier molecular flexibility index (Phi) is 3.70. The second kappa shape index (κ2) is 5.24. The van der Waals surface area contributed by atoms with Crippen molar-refractivity contribution in [2.75, 3.05) is 6.54 Å². The molecule has 1 aliphatic rings. The van der Waals surface area contributed by atoms with Crippen LogP contribution < -0.4 is 0 Å². The molecule has 2 rings (SSSR count). The molecule has 1 fully saturated rings. The Bertz CT molecular complexity index is 463. The van der Waals surface area contributed by atoms with E-state index in [4.69, 9.17) is 5.26 Å². The molecule has 0 aromatic heterocycles. The number of thiol groups is 1. The summed E-state index contributed by atoms with van der Waals surface area (Å²) in [6.07, 6.45) is 2.48. The van der Waals surface area contributed by atoms with Gasteiger partial charge in [-0.15, -0.1) is 12.6 Å². The van der Waals surface area contributed by atoms with Gasteiger partial charge in [0.25, 0.3) is 5.91 Å². The smallest absolute Gasteiger partial charge is 0.255 e. The Morgan fingerprint density at radius 1 is 1.47 bits per heavy atom. The van der Waals surface area contributed by atoms with Crippen LogP contribution in [0.2, 0.25) is 0 Å². The summed E-state index contributed by atoms with van der Waals surface area (Å²) in [5.41, 5.74) is 0.626. The summed E-state index contributed by atoms with van der Waals surface area (Å²) in [6, 6.07) is 9.70. The van der Waals surface area contributed by atoms with Gasteiger partial charge < -0.3 is 4.90 Å². The number of amides is 1. The van der Waals surface area contributed by atoms with E-state index in [1.807, 2.05) is 18.2 Å². The number of nitrogens with zero attached hydrogens (tertiary/aromatic N) is 2. The molecule has 0 radical (unpaired) electrons. The first-order valence-electron chi connectivity index (χ1n) is 5.70. The number of hydrogen-bond acceptors (Lipinski definition) is 3. The Morgan fingerprint density at radius 3 is 2.76 bits per heavy atom. The highest BCUT2D eigenvalue weighted by Crippen LogP contribution is 2.29. The van der Waals surface area contributed by atoms with Crippen LogP contribution in [0.25, 0.3) is 0 Å². The van der Waals surface area contributed by atoms with Crippen molar-refractivity contribution in [3.05, 3.63) is 29.8 Å². The Labute approximate surface area is 106 Å². The van der Waals surface area contributed by atoms with Crippen molar-refractivity contribution in [2.24, 2.45) is 0 Å². The number of carbonyl (C=O) groups excluding carboxylic acids is 1. The van der Waals surface area contributed by atoms with Crippen LogP contribution in [0.15, 0.2) is 29.2 Å². The highest BCUT2D eigenvalue weighted by molar-refractivity contribution is 7.80. The van der Waals surface area contributed by atoms with Gasteiger partial charge >= 0.3 is 0 Å². The number of benzene rings is 1. The Balaban J connectivity index is 2.16. The fourth-order valence-electron chi connectivity index (χ4n) is 1.82. The van der Waals surface area contributed by atoms with Crippen molar-refractivity contribution in [3.63, 3.8) is 0 Å². The van der Waals surface area contributed by atoms with Gasteiger partial charge in [0.15, 0.2) is 0 Å². The topological polar surface area (TPSA) is 44.1 Å². The van der Waals surface area contributed by atoms with Crippen LogP contribution in [0, 0.1) is 11.3 Å². The third-order valence-corrected chi connectivity index (χ3v) is 3.24. The molecule has 17 heavy (non-hydrogen) atoms. The standard InChI is InChI=1S/C13H14N2OS/c14-8-3-9-15(10-6-7-10)13(16)11-4-1-2-5-12(11)17/h1-2,4-5,10,17H,3,6-7,9H2. The predicted molar refractivity (Wildman–Crippen MR) is 68.0 cm³/mol. The largest absolute Gasteiger partial charge is 0.335 e. The van der Waals surface area contributed by atoms with E-state index in [0.29, 0.717) is 29.5 Å². The van der Waals surface area contributed by atoms with Gasteiger partial charge in [-0.25, -0.2) is 0 Å². The molecule has 88 valence electrons. The molecule has 1 aliphatic carbocycles. The molecular weight excluding hydrogens is 232 g/mol. The lowest BCUT2D eigenvalue weighted by molar-refractivity contribution is 0.0743. The van der Waals surface area contributed by atoms with Crippen molar-refractivity contribution in [3.8, 4) is 6.07 Å². The van der Waals surface area contributed by atoms with Crippen molar-refractivity contribution in [2.45, 2.75) is 30.2 Å². The number of nitriles is 1. The lowest BCUT2D eigenvalue weighted by atomic mass is 10.2. The third kappa shape index (κ3) is 2.80. The summed E-state index contributed by atoms with van der Waals surface area (Å²) in [5.74, 6) is -0.00616. The van der Waals surface area contributed by atoms with E-state index in [1.165, 1.54) is 0 Å². The van der Waals surface area contributed by atoms with Gasteiger partial charge in [0, 0.05) is 17.5 Å². The van der Waals surface area contributed by atoms with E-state index in [9.17, 15) is 4.79 Å². The second-order valence-corrected chi connectivity index (χ2v) is 4.64. The van der Waals surface area contributed by atoms with Gasteiger partial charge in [0.2, 0.25) is 0 Å². The minimum absolute atomic E-state index is 0.00616. The zero-order valence-electron chi connectivity index (χ0n) is 9.47. The summed E-state index contributed by atoms with van der Waals surface area (Å²) < 4.78 is 0. The van der Waals surface area contributed by atoms with E-state index in [-0.39, 0.29) is 5.91 Å². The zero-order valence-corrected chi connectivity index (χ0v) is 10.4. The minimum Gasteiger partial charge on any atom is -0.335 e. The molecule has 0 heterocycles. The molecule has 0 spiro atoms. The van der Waals surface area contributed by atoms with Crippen molar-refractivity contribution in [1.29, 1.82) is 5.26 Å². The number of carbonyl (C=O) groups is 1. The summed E-state index contributed by atoms with van der Waals surface area (Å²) >= 11 is 4.30. The molecule has 0 N–H and O–H groups in total. The SMILES string of the molecule is N#CCCN(C(=O)c1ccccc1S)C1CC1. The molecule has 4 heteroatoms. The van der Waals surface area contributed by atoms with Gasteiger partial charge in [-0.1, -0.05) is 12.1 Å². The van der Waals surface area contributed by atoms with Gasteiger partial charge in [-0.3, -0.25) is 4.79 Å². The first kappa shape index (κ1) is 12.0. The maximum atomic E-state index is 12.3. The number of rotatable bonds is 4. The number of hydrogen-bond donors (Lipinski definition) is 1. The van der Waals surface area contributed by atoms with Crippen LogP contribution in [-0.2, 0) is 0 Å². The van der Waals surface area contributed by atoms with E-state index in [2.05, 4.69) is 18.7 Å². The molecule has 0 aliphatic heterocycles. The van der Waals surface area contributed by atoms with Gasteiger partial charge in [0.05, 0.1) is 18.1 Å². The molecule has 1 saturated carbocycles. The molecular formula is C13H14N2OS. The lowest BCUT2D eigenvalue weighted by Gasteiger charge is -2.21. The Hall–Kier alpha value is -1.47. The van der Waals surface area contributed by atoms with Crippen LogP contribution in [0.4, 0.5) is 0 Å². The van der Waals surface area contributed by atoms with Gasteiger partial charge in [0.1, 0.15) is 0 Å². The molecule has 1 aromatic rings. The molecule has 0 unspecified atom stereocenters. The Morgan fingerprint density at radius 2 is 2.18 bits per heavy atom. The summed E-state index contributed by atoms with van der Waals surface area (Å²) in [7, 11) is 0. The average Bonchev–Trinajstić information content (AvgIpc) is 3.14. The predicted octanol–water partition coefficient (Wildman–Crippen LogP) is 2.49. The fourth-order valence-corrected chi connectivity index (χ4v) is 2.07. The molecule has 1 aromatic carbocycles. The maximum absolute atomic E-state index is 12.3. The fraction of sp³-hybridized carbons (Fsp3) is 0.385. The molecule has 0 saturated heterocycles. The normalized spacial score (nSPS) is 14.1. The zero-order chi connectivity index (χ0) is 12.3. The van der Waals surface area contributed by atoms with Crippen LogP contribution in [0.5, 0.6) is 0 Å². The summed E-state index contributed by atoms with van der Waals surface area (Å²) in [6.45, 7) is 0.516. The van der Waals surface area contributed by atoms with E-state index < -0.39 is 0 Å². The quantitative estimate of drug-likeness (QED) is 0.829. The van der Waals surface area contributed by atoms with Crippen LogP contribution >= 0.6 is 12.6 Å². The van der Waals surface area contributed by atoms with Crippen molar-refractivity contribution < 1.29 is 4.79 Å². The van der Waals surface area contributed by atoms with E-state index in [1.54, 1.807) is 11.0 Å². The summed E-state index contributed by atoms with van der Waals surface area (Å²) in [4.78, 5) is 14.8. The first-order chi connectivity index (χ1) is 8.24. The minimum atomic E-state index is -0.00616. The van der Waals surface area contributed by atoms with Gasteiger partial charge in [-0.2, -0.15) is 5.26 Å². The van der Waals surface area contributed by atoms with Crippen LogP contribution in [0.3, 0.4) is 0 Å². The highest BCUT2D eigenvalue weighted by Gasteiger charge is 2.33.